The molecule has 1 aliphatic rings. The molecule has 0 bridgehead atoms. The molecule has 1 atom stereocenters. The van der Waals surface area contributed by atoms with Gasteiger partial charge in [0.05, 0.1) is 6.42 Å². The Balaban J connectivity index is 1.67. The maximum atomic E-state index is 12.9. The van der Waals surface area contributed by atoms with E-state index in [1.54, 1.807) is 30.3 Å². The smallest absolute Gasteiger partial charge is 0.166 e. The van der Waals surface area contributed by atoms with Gasteiger partial charge in [0.25, 0.3) is 0 Å². The number of rotatable bonds is 5. The minimum atomic E-state index is -0.493. The lowest BCUT2D eigenvalue weighted by atomic mass is 9.91. The molecule has 4 nitrogen and oxygen atoms in total. The van der Waals surface area contributed by atoms with Gasteiger partial charge in [-0.05, 0) is 47.9 Å². The van der Waals surface area contributed by atoms with E-state index in [9.17, 15) is 15.0 Å². The van der Waals surface area contributed by atoms with Crippen LogP contribution in [0.5, 0.6) is 17.2 Å². The molecular formula is C25H22O4. The van der Waals surface area contributed by atoms with E-state index in [1.807, 2.05) is 42.5 Å². The van der Waals surface area contributed by atoms with Gasteiger partial charge >= 0.3 is 0 Å². The first-order chi connectivity index (χ1) is 14.0. The van der Waals surface area contributed by atoms with Gasteiger partial charge in [-0.15, -0.1) is 0 Å². The average Bonchev–Trinajstić information content (AvgIpc) is 2.74. The minimum absolute atomic E-state index is 0.00839. The number of phenolic OH excluding ortho intramolecular Hbond substituents is 2. The summed E-state index contributed by atoms with van der Waals surface area (Å²) in [5, 5.41) is 19.4. The quantitative estimate of drug-likeness (QED) is 0.589. The van der Waals surface area contributed by atoms with Crippen LogP contribution in [-0.4, -0.2) is 22.1 Å². The highest BCUT2D eigenvalue weighted by molar-refractivity contribution is 5.99. The zero-order valence-corrected chi connectivity index (χ0v) is 16.1. The zero-order valence-electron chi connectivity index (χ0n) is 16.1. The Morgan fingerprint density at radius 1 is 0.931 bits per heavy atom. The maximum absolute atomic E-state index is 12.9. The van der Waals surface area contributed by atoms with Crippen LogP contribution < -0.4 is 4.74 Å². The molecule has 146 valence electrons. The van der Waals surface area contributed by atoms with Gasteiger partial charge in [0, 0.05) is 22.8 Å². The summed E-state index contributed by atoms with van der Waals surface area (Å²) in [7, 11) is 0. The number of hydrogen-bond donors (Lipinski definition) is 2. The Hall–Kier alpha value is -3.53. The summed E-state index contributed by atoms with van der Waals surface area (Å²) in [5.74, 6) is 0.836. The van der Waals surface area contributed by atoms with Crippen molar-refractivity contribution in [3.63, 3.8) is 0 Å². The van der Waals surface area contributed by atoms with E-state index >= 15 is 0 Å². The fourth-order valence-corrected chi connectivity index (χ4v) is 3.51. The SMILES string of the molecule is CCc1ccc(C(=O)CC2Oc3cc(O)ccc3C=C2c2ccc(O)cc2)cc1. The molecule has 4 heteroatoms. The molecule has 0 saturated heterocycles. The van der Waals surface area contributed by atoms with Gasteiger partial charge in [-0.1, -0.05) is 43.3 Å². The average molecular weight is 386 g/mol. The van der Waals surface area contributed by atoms with Crippen molar-refractivity contribution >= 4 is 17.4 Å². The monoisotopic (exact) mass is 386 g/mol. The first kappa shape index (κ1) is 18.8. The second-order valence-electron chi connectivity index (χ2n) is 7.15. The van der Waals surface area contributed by atoms with Crippen LogP contribution >= 0.6 is 0 Å². The summed E-state index contributed by atoms with van der Waals surface area (Å²) in [6, 6.07) is 19.5. The maximum Gasteiger partial charge on any atom is 0.166 e. The van der Waals surface area contributed by atoms with Crippen LogP contribution in [0.15, 0.2) is 66.7 Å². The highest BCUT2D eigenvalue weighted by atomic mass is 16.5. The number of aromatic hydroxyl groups is 2. The van der Waals surface area contributed by atoms with Crippen molar-refractivity contribution in [2.45, 2.75) is 25.9 Å². The van der Waals surface area contributed by atoms with Crippen molar-refractivity contribution in [2.75, 3.05) is 0 Å². The number of ketones is 1. The lowest BCUT2D eigenvalue weighted by molar-refractivity contribution is 0.0939. The molecule has 1 unspecified atom stereocenters. The van der Waals surface area contributed by atoms with Gasteiger partial charge in [0.15, 0.2) is 5.78 Å². The highest BCUT2D eigenvalue weighted by Crippen LogP contribution is 2.38. The molecule has 0 fully saturated rings. The van der Waals surface area contributed by atoms with Crippen LogP contribution in [0.25, 0.3) is 11.6 Å². The fraction of sp³-hybridized carbons (Fsp3) is 0.160. The van der Waals surface area contributed by atoms with Gasteiger partial charge in [0.2, 0.25) is 0 Å². The van der Waals surface area contributed by atoms with E-state index < -0.39 is 6.10 Å². The second kappa shape index (κ2) is 7.84. The third kappa shape index (κ3) is 4.02. The first-order valence-corrected chi connectivity index (χ1v) is 9.66. The van der Waals surface area contributed by atoms with Gasteiger partial charge in [-0.2, -0.15) is 0 Å². The van der Waals surface area contributed by atoms with E-state index in [-0.39, 0.29) is 23.7 Å². The Kier molecular flexibility index (Phi) is 5.09. The van der Waals surface area contributed by atoms with E-state index in [1.165, 1.54) is 5.56 Å². The molecule has 29 heavy (non-hydrogen) atoms. The normalized spacial score (nSPS) is 15.2. The number of benzene rings is 3. The van der Waals surface area contributed by atoms with Crippen molar-refractivity contribution < 1.29 is 19.7 Å². The molecule has 3 aromatic carbocycles. The molecule has 0 saturated carbocycles. The number of carbonyl (C=O) groups is 1. The van der Waals surface area contributed by atoms with Crippen molar-refractivity contribution in [1.29, 1.82) is 0 Å². The van der Waals surface area contributed by atoms with Crippen LogP contribution in [0, 0.1) is 0 Å². The number of phenols is 2. The molecule has 0 aliphatic carbocycles. The summed E-state index contributed by atoms with van der Waals surface area (Å²) in [4.78, 5) is 12.9. The summed E-state index contributed by atoms with van der Waals surface area (Å²) < 4.78 is 6.14. The van der Waals surface area contributed by atoms with Crippen LogP contribution in [0.1, 0.15) is 40.4 Å². The Bertz CT molecular complexity index is 1060. The topological polar surface area (TPSA) is 66.8 Å². The van der Waals surface area contributed by atoms with Crippen molar-refractivity contribution in [3.05, 3.63) is 89.0 Å². The summed E-state index contributed by atoms with van der Waals surface area (Å²) in [6.45, 7) is 2.08. The molecule has 4 rings (SSSR count). The summed E-state index contributed by atoms with van der Waals surface area (Å²) >= 11 is 0. The number of aryl methyl sites for hydroxylation is 1. The Morgan fingerprint density at radius 3 is 2.31 bits per heavy atom. The van der Waals surface area contributed by atoms with E-state index in [0.29, 0.717) is 11.3 Å². The van der Waals surface area contributed by atoms with Crippen molar-refractivity contribution in [3.8, 4) is 17.2 Å². The third-order valence-corrected chi connectivity index (χ3v) is 5.18. The van der Waals surface area contributed by atoms with Crippen LogP contribution in [0.2, 0.25) is 0 Å². The van der Waals surface area contributed by atoms with Gasteiger partial charge < -0.3 is 14.9 Å². The number of hydrogen-bond acceptors (Lipinski definition) is 4. The summed E-state index contributed by atoms with van der Waals surface area (Å²) in [5.41, 5.74) is 4.41. The predicted molar refractivity (Wildman–Crippen MR) is 113 cm³/mol. The van der Waals surface area contributed by atoms with Gasteiger partial charge in [-0.25, -0.2) is 0 Å². The van der Waals surface area contributed by atoms with Crippen molar-refractivity contribution in [2.24, 2.45) is 0 Å². The first-order valence-electron chi connectivity index (χ1n) is 9.66. The fourth-order valence-electron chi connectivity index (χ4n) is 3.51. The van der Waals surface area contributed by atoms with E-state index in [0.717, 1.165) is 23.1 Å². The lowest BCUT2D eigenvalue weighted by Crippen LogP contribution is -2.25. The number of fused-ring (bicyclic) bond motifs is 1. The lowest BCUT2D eigenvalue weighted by Gasteiger charge is -2.27. The van der Waals surface area contributed by atoms with E-state index in [4.69, 9.17) is 4.74 Å². The Morgan fingerprint density at radius 2 is 1.62 bits per heavy atom. The largest absolute Gasteiger partial charge is 0.508 e. The molecule has 0 aromatic heterocycles. The summed E-state index contributed by atoms with van der Waals surface area (Å²) in [6.07, 6.45) is 2.58. The molecule has 1 heterocycles. The van der Waals surface area contributed by atoms with Crippen LogP contribution in [0.4, 0.5) is 0 Å². The van der Waals surface area contributed by atoms with Gasteiger partial charge in [-0.3, -0.25) is 4.79 Å². The molecule has 3 aromatic rings. The number of Topliss-reactive ketones (excluding diaryl/α,β-unsaturated/α-hetero) is 1. The zero-order chi connectivity index (χ0) is 20.4. The predicted octanol–water partition coefficient (Wildman–Crippen LogP) is 5.23. The van der Waals surface area contributed by atoms with E-state index in [2.05, 4.69) is 6.92 Å². The van der Waals surface area contributed by atoms with Crippen LogP contribution in [0.3, 0.4) is 0 Å². The molecule has 1 aliphatic heterocycles. The highest BCUT2D eigenvalue weighted by Gasteiger charge is 2.27. The third-order valence-electron chi connectivity index (χ3n) is 5.18. The number of ether oxygens (including phenoxy) is 1. The Labute approximate surface area is 169 Å². The standard InChI is InChI=1S/C25H22O4/c1-2-16-3-5-18(6-4-16)23(28)15-25-22(17-7-10-20(26)11-8-17)13-19-9-12-21(27)14-24(19)29-25/h3-14,25-27H,2,15H2,1H3. The minimum Gasteiger partial charge on any atom is -0.508 e. The molecule has 0 spiro atoms. The van der Waals surface area contributed by atoms with Crippen molar-refractivity contribution in [1.82, 2.24) is 0 Å². The van der Waals surface area contributed by atoms with Crippen LogP contribution in [-0.2, 0) is 6.42 Å². The van der Waals surface area contributed by atoms with Gasteiger partial charge in [0.1, 0.15) is 23.4 Å². The molecule has 2 N–H and O–H groups in total. The number of carbonyl (C=O) groups excluding carboxylic acids is 1. The molecular weight excluding hydrogens is 364 g/mol. The molecule has 0 amide bonds. The molecule has 0 radical (unpaired) electrons. The second-order valence-corrected chi connectivity index (χ2v) is 7.15.